The summed E-state index contributed by atoms with van der Waals surface area (Å²) in [5.74, 6) is 0. The molecule has 0 aliphatic heterocycles. The van der Waals surface area contributed by atoms with Crippen molar-refractivity contribution in [3.8, 4) is 0 Å². The first kappa shape index (κ1) is 13.3. The van der Waals surface area contributed by atoms with Crippen molar-refractivity contribution >= 4 is 27.5 Å². The zero-order valence-corrected chi connectivity index (χ0v) is 9.51. The van der Waals surface area contributed by atoms with E-state index < -0.39 is 9.96 Å². The number of unbranched alkanes of at least 4 members (excludes halogenated alkanes) is 2. The van der Waals surface area contributed by atoms with Crippen molar-refractivity contribution in [1.29, 1.82) is 0 Å². The second kappa shape index (κ2) is 5.25. The first-order chi connectivity index (χ1) is 5.81. The molecule has 1 atom stereocenters. The number of allylic oxidation sites excluding steroid dienone is 2. The molecule has 0 aromatic carbocycles. The van der Waals surface area contributed by atoms with E-state index in [-0.39, 0.29) is 0 Å². The fraction of sp³-hybridized carbons (Fsp3) is 0.750. The lowest BCUT2D eigenvalue weighted by molar-refractivity contribution is 0.0217. The molecule has 0 rings (SSSR count). The summed E-state index contributed by atoms with van der Waals surface area (Å²) in [6.07, 6.45) is 4.32. The Morgan fingerprint density at radius 3 is 2.31 bits per heavy atom. The number of rotatable bonds is 5. The molecule has 1 unspecified atom stereocenters. The Balaban J connectivity index is 4.09. The number of halogens is 5. The molecule has 0 amide bonds. The molecule has 78 valence electrons. The smallest absolute Gasteiger partial charge is 0.214 e. The molecule has 0 nitrogen and oxygen atoms in total. The third kappa shape index (κ3) is 4.91. The van der Waals surface area contributed by atoms with Crippen molar-refractivity contribution in [1.82, 2.24) is 0 Å². The highest BCUT2D eigenvalue weighted by molar-refractivity contribution is 9.10. The molecular weight excluding hydrogens is 268 g/mol. The molecule has 0 saturated heterocycles. The van der Waals surface area contributed by atoms with Crippen LogP contribution in [0.1, 0.15) is 26.2 Å². The minimum absolute atomic E-state index is 0.554. The van der Waals surface area contributed by atoms with Crippen LogP contribution in [0.25, 0.3) is 0 Å². The molecule has 0 bridgehead atoms. The number of alkyl halides is 5. The lowest BCUT2D eigenvalue weighted by Gasteiger charge is -2.18. The Kier molecular flexibility index (Phi) is 5.37. The molecule has 13 heavy (non-hydrogen) atoms. The first-order valence-corrected chi connectivity index (χ1v) is 5.10. The van der Waals surface area contributed by atoms with Gasteiger partial charge < -0.3 is 0 Å². The summed E-state index contributed by atoms with van der Waals surface area (Å²) < 4.78 is 37.6. The summed E-state index contributed by atoms with van der Waals surface area (Å²) in [6.45, 7) is 1.95. The van der Waals surface area contributed by atoms with Gasteiger partial charge in [0.15, 0.2) is 0 Å². The minimum atomic E-state index is -3.73. The monoisotopic (exact) mass is 278 g/mol. The fourth-order valence-corrected chi connectivity index (χ4v) is 0.869. The average molecular weight is 280 g/mol. The third-order valence-corrected chi connectivity index (χ3v) is 2.60. The highest BCUT2D eigenvalue weighted by atomic mass is 79.9. The highest BCUT2D eigenvalue weighted by Crippen LogP contribution is 2.42. The molecule has 0 radical (unpaired) electrons. The second-order valence-electron chi connectivity index (χ2n) is 2.67. The van der Waals surface area contributed by atoms with Gasteiger partial charge in [0.1, 0.15) is 0 Å². The van der Waals surface area contributed by atoms with Crippen LogP contribution < -0.4 is 0 Å². The summed E-state index contributed by atoms with van der Waals surface area (Å²) in [4.78, 5) is -3.73. The van der Waals surface area contributed by atoms with Crippen LogP contribution in [0.15, 0.2) is 12.2 Å². The zero-order valence-electron chi connectivity index (χ0n) is 7.17. The van der Waals surface area contributed by atoms with Crippen LogP contribution >= 0.6 is 27.5 Å². The van der Waals surface area contributed by atoms with Gasteiger partial charge in [-0.05, 0) is 28.4 Å². The summed E-state index contributed by atoms with van der Waals surface area (Å²) in [6, 6.07) is 0. The zero-order chi connectivity index (χ0) is 10.5. The van der Waals surface area contributed by atoms with E-state index in [2.05, 4.69) is 0 Å². The molecule has 0 saturated carbocycles. The number of hydrogen-bond acceptors (Lipinski definition) is 0. The van der Waals surface area contributed by atoms with Crippen LogP contribution in [0, 0.1) is 0 Å². The molecule has 0 aromatic rings. The van der Waals surface area contributed by atoms with Crippen molar-refractivity contribution in [3.05, 3.63) is 12.2 Å². The molecule has 0 aliphatic rings. The van der Waals surface area contributed by atoms with Gasteiger partial charge in [0, 0.05) is 0 Å². The second-order valence-corrected chi connectivity index (χ2v) is 4.21. The van der Waals surface area contributed by atoms with Crippen molar-refractivity contribution < 1.29 is 13.2 Å². The van der Waals surface area contributed by atoms with Gasteiger partial charge in [-0.3, -0.25) is 0 Å². The maximum atomic E-state index is 12.9. The van der Waals surface area contributed by atoms with E-state index in [9.17, 15) is 13.2 Å². The van der Waals surface area contributed by atoms with Crippen LogP contribution in [0.4, 0.5) is 13.2 Å². The first-order valence-electron chi connectivity index (χ1n) is 3.93. The van der Waals surface area contributed by atoms with E-state index in [1.54, 1.807) is 0 Å². The predicted octanol–water partition coefficient (Wildman–Crippen LogP) is 4.63. The SMILES string of the molecule is CCCC/C=C/C(F)(Cl)C(F)(F)Br. The lowest BCUT2D eigenvalue weighted by atomic mass is 10.2. The van der Waals surface area contributed by atoms with E-state index in [0.717, 1.165) is 12.8 Å². The molecule has 0 aromatic heterocycles. The van der Waals surface area contributed by atoms with E-state index in [4.69, 9.17) is 11.6 Å². The summed E-state index contributed by atoms with van der Waals surface area (Å²) in [5, 5.41) is -3.14. The van der Waals surface area contributed by atoms with Gasteiger partial charge in [-0.15, -0.1) is 0 Å². The average Bonchev–Trinajstić information content (AvgIpc) is 1.96. The minimum Gasteiger partial charge on any atom is -0.214 e. The van der Waals surface area contributed by atoms with Crippen LogP contribution in [0.5, 0.6) is 0 Å². The van der Waals surface area contributed by atoms with Gasteiger partial charge in [-0.25, -0.2) is 4.39 Å². The Hall–Kier alpha value is 0.300. The van der Waals surface area contributed by atoms with E-state index in [0.29, 0.717) is 12.5 Å². The van der Waals surface area contributed by atoms with E-state index in [1.807, 2.05) is 22.9 Å². The van der Waals surface area contributed by atoms with Crippen molar-refractivity contribution in [2.75, 3.05) is 0 Å². The van der Waals surface area contributed by atoms with Gasteiger partial charge in [0.05, 0.1) is 0 Å². The summed E-state index contributed by atoms with van der Waals surface area (Å²) in [7, 11) is 0. The predicted molar refractivity (Wildman–Crippen MR) is 52.2 cm³/mol. The Labute approximate surface area is 89.3 Å². The van der Waals surface area contributed by atoms with E-state index in [1.165, 1.54) is 6.08 Å². The van der Waals surface area contributed by atoms with Crippen molar-refractivity contribution in [3.63, 3.8) is 0 Å². The maximum Gasteiger partial charge on any atom is 0.352 e. The van der Waals surface area contributed by atoms with Gasteiger partial charge in [-0.2, -0.15) is 8.78 Å². The van der Waals surface area contributed by atoms with Crippen LogP contribution in [-0.2, 0) is 0 Å². The molecule has 5 heteroatoms. The largest absolute Gasteiger partial charge is 0.352 e. The van der Waals surface area contributed by atoms with Crippen LogP contribution in [0.2, 0.25) is 0 Å². The van der Waals surface area contributed by atoms with Crippen molar-refractivity contribution in [2.45, 2.75) is 36.1 Å². The highest BCUT2D eigenvalue weighted by Gasteiger charge is 2.49. The van der Waals surface area contributed by atoms with Crippen LogP contribution in [-0.4, -0.2) is 9.96 Å². The molecular formula is C8H11BrClF3. The Bertz CT molecular complexity index is 175. The van der Waals surface area contributed by atoms with Gasteiger partial charge in [0.25, 0.3) is 5.13 Å². The molecule has 0 N–H and O–H groups in total. The molecule has 0 fully saturated rings. The van der Waals surface area contributed by atoms with Gasteiger partial charge >= 0.3 is 4.83 Å². The summed E-state index contributed by atoms with van der Waals surface area (Å²) in [5.41, 5.74) is 0. The quantitative estimate of drug-likeness (QED) is 0.391. The number of hydrogen-bond donors (Lipinski definition) is 0. The Morgan fingerprint density at radius 1 is 1.38 bits per heavy atom. The normalized spacial score (nSPS) is 17.7. The van der Waals surface area contributed by atoms with Crippen LogP contribution in [0.3, 0.4) is 0 Å². The molecule has 0 spiro atoms. The maximum absolute atomic E-state index is 12.9. The van der Waals surface area contributed by atoms with Gasteiger partial charge in [0.2, 0.25) is 0 Å². The standard InChI is InChI=1S/C8H11BrClF3/c1-2-3-4-5-6-7(10,11)8(9,12)13/h5-6H,2-4H2,1H3/b6-5+. The van der Waals surface area contributed by atoms with Gasteiger partial charge in [-0.1, -0.05) is 37.4 Å². The Morgan fingerprint density at radius 2 is 1.92 bits per heavy atom. The topological polar surface area (TPSA) is 0 Å². The third-order valence-electron chi connectivity index (χ3n) is 1.43. The fourth-order valence-electron chi connectivity index (χ4n) is 0.648. The molecule has 0 heterocycles. The summed E-state index contributed by atoms with van der Waals surface area (Å²) >= 11 is 6.82. The van der Waals surface area contributed by atoms with Crippen molar-refractivity contribution in [2.24, 2.45) is 0 Å². The lowest BCUT2D eigenvalue weighted by Crippen LogP contribution is -2.31. The molecule has 0 aliphatic carbocycles. The van der Waals surface area contributed by atoms with E-state index >= 15 is 0 Å².